The molecule has 24 heavy (non-hydrogen) atoms. The van der Waals surface area contributed by atoms with E-state index < -0.39 is 0 Å². The minimum atomic E-state index is 0.478. The van der Waals surface area contributed by atoms with Crippen molar-refractivity contribution in [2.75, 3.05) is 19.8 Å². The first-order valence-corrected chi connectivity index (χ1v) is 8.81. The molecule has 3 rings (SSSR count). The van der Waals surface area contributed by atoms with Crippen molar-refractivity contribution in [1.29, 1.82) is 0 Å². The van der Waals surface area contributed by atoms with Crippen molar-refractivity contribution >= 4 is 29.1 Å². The third-order valence-electron chi connectivity index (χ3n) is 3.72. The van der Waals surface area contributed by atoms with Crippen molar-refractivity contribution in [3.63, 3.8) is 0 Å². The van der Waals surface area contributed by atoms with E-state index in [0.29, 0.717) is 41.5 Å². The van der Waals surface area contributed by atoms with Crippen molar-refractivity contribution in [3.8, 4) is 5.75 Å². The zero-order valence-corrected chi connectivity index (χ0v) is 14.8. The molecule has 128 valence electrons. The van der Waals surface area contributed by atoms with Crippen LogP contribution in [0.15, 0.2) is 39.9 Å². The highest BCUT2D eigenvalue weighted by Gasteiger charge is 2.16. The Balaban J connectivity index is 1.46. The Bertz CT molecular complexity index is 675. The molecule has 0 N–H and O–H groups in total. The molecule has 4 nitrogen and oxygen atoms in total. The van der Waals surface area contributed by atoms with E-state index in [1.807, 2.05) is 12.1 Å². The number of hydrogen-bond donors (Lipinski definition) is 0. The number of unbranched alkanes of at least 4 members (excludes halogenated alkanes) is 2. The van der Waals surface area contributed by atoms with Crippen molar-refractivity contribution in [2.45, 2.75) is 25.7 Å². The van der Waals surface area contributed by atoms with E-state index in [1.165, 1.54) is 0 Å². The topological polar surface area (TPSA) is 44.0 Å². The van der Waals surface area contributed by atoms with Crippen LogP contribution in [0.25, 0.3) is 0 Å². The molecule has 0 spiro atoms. The Kier molecular flexibility index (Phi) is 6.05. The Labute approximate surface area is 151 Å². The van der Waals surface area contributed by atoms with Crippen LogP contribution in [0.2, 0.25) is 10.0 Å². The molecule has 1 aromatic heterocycles. The first-order chi connectivity index (χ1) is 11.7. The van der Waals surface area contributed by atoms with Gasteiger partial charge in [-0.1, -0.05) is 23.2 Å². The summed E-state index contributed by atoms with van der Waals surface area (Å²) >= 11 is 12.6. The lowest BCUT2D eigenvalue weighted by atomic mass is 10.1. The molecule has 0 fully saturated rings. The van der Waals surface area contributed by atoms with Crippen molar-refractivity contribution in [3.05, 3.63) is 51.9 Å². The largest absolute Gasteiger partial charge is 0.490 e. The molecule has 0 bridgehead atoms. The number of nitrogens with zero attached hydrogens (tertiary/aromatic N) is 1. The van der Waals surface area contributed by atoms with Crippen LogP contribution in [0.5, 0.6) is 5.75 Å². The summed E-state index contributed by atoms with van der Waals surface area (Å²) in [6.07, 6.45) is 5.71. The summed E-state index contributed by atoms with van der Waals surface area (Å²) in [5.41, 5.74) is 0.785. The molecule has 1 aliphatic rings. The van der Waals surface area contributed by atoms with Crippen LogP contribution in [0.1, 0.15) is 30.6 Å². The van der Waals surface area contributed by atoms with Gasteiger partial charge in [-0.25, -0.2) is 4.99 Å². The van der Waals surface area contributed by atoms with E-state index in [2.05, 4.69) is 4.99 Å². The predicted octanol–water partition coefficient (Wildman–Crippen LogP) is 5.16. The average Bonchev–Trinajstić information content (AvgIpc) is 3.26. The van der Waals surface area contributed by atoms with Crippen LogP contribution >= 0.6 is 23.2 Å². The maximum Gasteiger partial charge on any atom is 0.216 e. The zero-order chi connectivity index (χ0) is 16.8. The van der Waals surface area contributed by atoms with E-state index in [4.69, 9.17) is 37.1 Å². The second-order valence-electron chi connectivity index (χ2n) is 5.54. The Morgan fingerprint density at radius 2 is 1.96 bits per heavy atom. The number of ether oxygens (including phenoxy) is 2. The van der Waals surface area contributed by atoms with Gasteiger partial charge in [-0.2, -0.15) is 0 Å². The van der Waals surface area contributed by atoms with Crippen LogP contribution in [-0.2, 0) is 11.2 Å². The summed E-state index contributed by atoms with van der Waals surface area (Å²) in [5, 5.41) is 0.956. The molecule has 0 radical (unpaired) electrons. The quantitative estimate of drug-likeness (QED) is 0.605. The van der Waals surface area contributed by atoms with Crippen LogP contribution in [0.3, 0.4) is 0 Å². The Morgan fingerprint density at radius 3 is 2.62 bits per heavy atom. The zero-order valence-electron chi connectivity index (χ0n) is 13.3. The molecule has 0 unspecified atom stereocenters. The normalized spacial score (nSPS) is 13.7. The van der Waals surface area contributed by atoms with Gasteiger partial charge in [-0.05, 0) is 43.5 Å². The molecule has 0 saturated carbocycles. The number of furan rings is 1. The second kappa shape index (κ2) is 8.45. The van der Waals surface area contributed by atoms with Crippen molar-refractivity contribution in [1.82, 2.24) is 0 Å². The predicted molar refractivity (Wildman–Crippen MR) is 95.6 cm³/mol. The van der Waals surface area contributed by atoms with Gasteiger partial charge < -0.3 is 13.9 Å². The van der Waals surface area contributed by atoms with Crippen LogP contribution in [-0.4, -0.2) is 25.7 Å². The molecular weight excluding hydrogens is 349 g/mol. The first kappa shape index (κ1) is 17.2. The Hall–Kier alpha value is -1.65. The highest BCUT2D eigenvalue weighted by atomic mass is 35.5. The van der Waals surface area contributed by atoms with Crippen LogP contribution in [0.4, 0.5) is 0 Å². The van der Waals surface area contributed by atoms with E-state index in [-0.39, 0.29) is 0 Å². The van der Waals surface area contributed by atoms with E-state index >= 15 is 0 Å². The highest BCUT2D eigenvalue weighted by Crippen LogP contribution is 2.35. The van der Waals surface area contributed by atoms with Gasteiger partial charge in [0, 0.05) is 12.0 Å². The molecular formula is C18H19Cl2NO3. The lowest BCUT2D eigenvalue weighted by molar-refractivity contribution is 0.305. The van der Waals surface area contributed by atoms with Gasteiger partial charge in [0.25, 0.3) is 0 Å². The molecule has 2 heterocycles. The lowest BCUT2D eigenvalue weighted by Gasteiger charge is -2.12. The van der Waals surface area contributed by atoms with Gasteiger partial charge in [0.2, 0.25) is 5.90 Å². The van der Waals surface area contributed by atoms with Gasteiger partial charge in [0.1, 0.15) is 12.4 Å². The molecule has 1 aliphatic heterocycles. The minimum Gasteiger partial charge on any atom is -0.490 e. The van der Waals surface area contributed by atoms with E-state index in [9.17, 15) is 0 Å². The number of hydrogen-bond acceptors (Lipinski definition) is 4. The fourth-order valence-electron chi connectivity index (χ4n) is 2.54. The van der Waals surface area contributed by atoms with E-state index in [0.717, 1.165) is 37.0 Å². The summed E-state index contributed by atoms with van der Waals surface area (Å²) in [5.74, 6) is 2.13. The maximum absolute atomic E-state index is 6.29. The number of halogens is 2. The SMILES string of the molecule is Clc1cc(C2=NCCO2)cc(Cl)c1OCCCCCc1ccco1. The van der Waals surface area contributed by atoms with Crippen molar-refractivity contribution < 1.29 is 13.9 Å². The molecule has 0 amide bonds. The second-order valence-corrected chi connectivity index (χ2v) is 6.36. The van der Waals surface area contributed by atoms with Gasteiger partial charge in [0.05, 0.1) is 29.5 Å². The molecule has 6 heteroatoms. The number of aryl methyl sites for hydroxylation is 1. The van der Waals surface area contributed by atoms with Gasteiger partial charge in [-0.15, -0.1) is 0 Å². The monoisotopic (exact) mass is 367 g/mol. The fourth-order valence-corrected chi connectivity index (χ4v) is 3.13. The van der Waals surface area contributed by atoms with Gasteiger partial charge in [0.15, 0.2) is 5.75 Å². The smallest absolute Gasteiger partial charge is 0.216 e. The maximum atomic E-state index is 6.29. The van der Waals surface area contributed by atoms with Crippen LogP contribution < -0.4 is 4.74 Å². The molecule has 0 atom stereocenters. The third-order valence-corrected chi connectivity index (χ3v) is 4.29. The number of rotatable bonds is 8. The first-order valence-electron chi connectivity index (χ1n) is 8.06. The fraction of sp³-hybridized carbons (Fsp3) is 0.389. The third kappa shape index (κ3) is 4.46. The highest BCUT2D eigenvalue weighted by molar-refractivity contribution is 6.37. The molecule has 0 saturated heterocycles. The number of benzene rings is 1. The minimum absolute atomic E-state index is 0.478. The summed E-state index contributed by atoms with van der Waals surface area (Å²) in [4.78, 5) is 4.26. The standard InChI is InChI=1S/C18H19Cl2NO3/c19-15-11-13(18-21-7-10-24-18)12-16(20)17(15)23-8-3-1-2-5-14-6-4-9-22-14/h4,6,9,11-12H,1-3,5,7-8,10H2. The molecule has 2 aromatic rings. The van der Waals surface area contributed by atoms with Crippen LogP contribution in [0, 0.1) is 0 Å². The number of aliphatic imine (C=N–C) groups is 1. The molecule has 0 aliphatic carbocycles. The summed E-state index contributed by atoms with van der Waals surface area (Å²) < 4.78 is 16.5. The van der Waals surface area contributed by atoms with Gasteiger partial charge in [-0.3, -0.25) is 0 Å². The average molecular weight is 368 g/mol. The van der Waals surface area contributed by atoms with Crippen molar-refractivity contribution in [2.24, 2.45) is 4.99 Å². The summed E-state index contributed by atoms with van der Waals surface area (Å²) in [7, 11) is 0. The molecule has 1 aromatic carbocycles. The lowest BCUT2D eigenvalue weighted by Crippen LogP contribution is -2.03. The van der Waals surface area contributed by atoms with E-state index in [1.54, 1.807) is 18.4 Å². The summed E-state index contributed by atoms with van der Waals surface area (Å²) in [6.45, 7) is 1.84. The Morgan fingerprint density at radius 1 is 1.12 bits per heavy atom. The van der Waals surface area contributed by atoms with Gasteiger partial charge >= 0.3 is 0 Å². The summed E-state index contributed by atoms with van der Waals surface area (Å²) in [6, 6.07) is 7.47.